The molecule has 0 unspecified atom stereocenters. The first kappa shape index (κ1) is 15.8. The van der Waals surface area contributed by atoms with E-state index in [4.69, 9.17) is 0 Å². The van der Waals surface area contributed by atoms with E-state index in [1.807, 2.05) is 0 Å². The highest BCUT2D eigenvalue weighted by Gasteiger charge is 2.30. The highest BCUT2D eigenvalue weighted by atomic mass is 19.4. The van der Waals surface area contributed by atoms with Crippen molar-refractivity contribution in [3.05, 3.63) is 71.0 Å². The van der Waals surface area contributed by atoms with Gasteiger partial charge in [0.1, 0.15) is 5.82 Å². The Morgan fingerprint density at radius 2 is 1.68 bits per heavy atom. The minimum absolute atomic E-state index is 0.0940. The van der Waals surface area contributed by atoms with E-state index < -0.39 is 23.5 Å². The first-order valence-electron chi connectivity index (χ1n) is 6.15. The maximum atomic E-state index is 12.9. The van der Waals surface area contributed by atoms with Gasteiger partial charge in [0.2, 0.25) is 0 Å². The third-order valence-electron chi connectivity index (χ3n) is 2.91. The molecule has 2 rings (SSSR count). The van der Waals surface area contributed by atoms with E-state index >= 15 is 0 Å². The fourth-order valence-corrected chi connectivity index (χ4v) is 1.87. The van der Waals surface area contributed by atoms with Gasteiger partial charge in [-0.15, -0.1) is 0 Å². The lowest BCUT2D eigenvalue weighted by Gasteiger charge is -2.08. The van der Waals surface area contributed by atoms with Gasteiger partial charge in [-0.1, -0.05) is 24.3 Å². The molecule has 0 atom stereocenters. The van der Waals surface area contributed by atoms with Crippen LogP contribution in [0.25, 0.3) is 11.6 Å². The SMILES string of the molecule is O=C(O)/C(=C\c1cccc(C(F)(F)F)c1)c1ccc(F)cc1. The normalized spacial score (nSPS) is 12.3. The van der Waals surface area contributed by atoms with Crippen LogP contribution in [0.5, 0.6) is 0 Å². The molecule has 0 heterocycles. The van der Waals surface area contributed by atoms with Gasteiger partial charge in [0.25, 0.3) is 0 Å². The summed E-state index contributed by atoms with van der Waals surface area (Å²) in [7, 11) is 0. The maximum absolute atomic E-state index is 12.9. The fraction of sp³-hybridized carbons (Fsp3) is 0.0625. The number of hydrogen-bond acceptors (Lipinski definition) is 1. The molecule has 0 saturated heterocycles. The minimum atomic E-state index is -4.51. The molecule has 22 heavy (non-hydrogen) atoms. The number of aliphatic carboxylic acids is 1. The number of rotatable bonds is 3. The number of hydrogen-bond donors (Lipinski definition) is 1. The molecular weight excluding hydrogens is 300 g/mol. The van der Waals surface area contributed by atoms with Crippen LogP contribution in [0.1, 0.15) is 16.7 Å². The summed E-state index contributed by atoms with van der Waals surface area (Å²) in [5.41, 5.74) is -0.799. The van der Waals surface area contributed by atoms with Crippen LogP contribution in [0.15, 0.2) is 48.5 Å². The van der Waals surface area contributed by atoms with E-state index in [1.54, 1.807) is 0 Å². The van der Waals surface area contributed by atoms with Crippen molar-refractivity contribution in [3.8, 4) is 0 Å². The predicted octanol–water partition coefficient (Wildman–Crippen LogP) is 4.47. The molecule has 0 aliphatic heterocycles. The minimum Gasteiger partial charge on any atom is -0.478 e. The molecule has 2 aromatic carbocycles. The van der Waals surface area contributed by atoms with Crippen molar-refractivity contribution in [2.45, 2.75) is 6.18 Å². The maximum Gasteiger partial charge on any atom is 0.416 e. The highest BCUT2D eigenvalue weighted by Crippen LogP contribution is 2.30. The molecule has 0 amide bonds. The van der Waals surface area contributed by atoms with Gasteiger partial charge in [0.05, 0.1) is 11.1 Å². The molecule has 0 saturated carbocycles. The van der Waals surface area contributed by atoms with Crippen molar-refractivity contribution in [3.63, 3.8) is 0 Å². The second-order valence-corrected chi connectivity index (χ2v) is 4.49. The van der Waals surface area contributed by atoms with Crippen molar-refractivity contribution >= 4 is 17.6 Å². The molecular formula is C16H10F4O2. The Labute approximate surface area is 123 Å². The van der Waals surface area contributed by atoms with Crippen LogP contribution in [0, 0.1) is 5.82 Å². The highest BCUT2D eigenvalue weighted by molar-refractivity contribution is 6.20. The topological polar surface area (TPSA) is 37.3 Å². The molecule has 0 aromatic heterocycles. The second-order valence-electron chi connectivity index (χ2n) is 4.49. The number of halogens is 4. The van der Waals surface area contributed by atoms with E-state index in [2.05, 4.69) is 0 Å². The van der Waals surface area contributed by atoms with E-state index in [1.165, 1.54) is 24.3 Å². The molecule has 2 nitrogen and oxygen atoms in total. The Balaban J connectivity index is 2.47. The van der Waals surface area contributed by atoms with Gasteiger partial charge in [0, 0.05) is 0 Å². The molecule has 0 spiro atoms. The Morgan fingerprint density at radius 1 is 1.05 bits per heavy atom. The lowest BCUT2D eigenvalue weighted by molar-refractivity contribution is -0.137. The Hall–Kier alpha value is -2.63. The van der Waals surface area contributed by atoms with Gasteiger partial charge in [-0.05, 0) is 41.5 Å². The Bertz CT molecular complexity index is 716. The van der Waals surface area contributed by atoms with E-state index in [0.29, 0.717) is 0 Å². The largest absolute Gasteiger partial charge is 0.478 e. The molecule has 0 radical (unpaired) electrons. The zero-order valence-electron chi connectivity index (χ0n) is 11.1. The third-order valence-corrected chi connectivity index (χ3v) is 2.91. The summed E-state index contributed by atoms with van der Waals surface area (Å²) in [6.45, 7) is 0. The van der Waals surface area contributed by atoms with Gasteiger partial charge in [-0.3, -0.25) is 0 Å². The summed E-state index contributed by atoms with van der Waals surface area (Å²) in [6, 6.07) is 8.98. The lowest BCUT2D eigenvalue weighted by Crippen LogP contribution is -2.05. The summed E-state index contributed by atoms with van der Waals surface area (Å²) in [6.07, 6.45) is -3.39. The second kappa shape index (κ2) is 6.01. The summed E-state index contributed by atoms with van der Waals surface area (Å²) < 4.78 is 50.8. The summed E-state index contributed by atoms with van der Waals surface area (Å²) >= 11 is 0. The molecule has 0 aliphatic carbocycles. The summed E-state index contributed by atoms with van der Waals surface area (Å²) in [5.74, 6) is -1.85. The van der Waals surface area contributed by atoms with Crippen molar-refractivity contribution in [1.82, 2.24) is 0 Å². The number of carbonyl (C=O) groups is 1. The Kier molecular flexibility index (Phi) is 4.30. The molecule has 2 aromatic rings. The van der Waals surface area contributed by atoms with Gasteiger partial charge in [0.15, 0.2) is 0 Å². The van der Waals surface area contributed by atoms with Crippen molar-refractivity contribution < 1.29 is 27.5 Å². The monoisotopic (exact) mass is 310 g/mol. The number of carboxylic acids is 1. The van der Waals surface area contributed by atoms with E-state index in [9.17, 15) is 27.5 Å². The van der Waals surface area contributed by atoms with Crippen LogP contribution in [0.4, 0.5) is 17.6 Å². The van der Waals surface area contributed by atoms with Crippen LogP contribution >= 0.6 is 0 Å². The quantitative estimate of drug-likeness (QED) is 0.516. The molecule has 6 heteroatoms. The number of alkyl halides is 3. The summed E-state index contributed by atoms with van der Waals surface area (Å²) in [5, 5.41) is 9.20. The van der Waals surface area contributed by atoms with Crippen molar-refractivity contribution in [1.29, 1.82) is 0 Å². The molecule has 0 fully saturated rings. The van der Waals surface area contributed by atoms with E-state index in [-0.39, 0.29) is 16.7 Å². The van der Waals surface area contributed by atoms with Crippen LogP contribution in [0.3, 0.4) is 0 Å². The fourth-order valence-electron chi connectivity index (χ4n) is 1.87. The Morgan fingerprint density at radius 3 is 2.23 bits per heavy atom. The van der Waals surface area contributed by atoms with Gasteiger partial charge in [-0.25, -0.2) is 9.18 Å². The molecule has 0 aliphatic rings. The molecule has 1 N–H and O–H groups in total. The smallest absolute Gasteiger partial charge is 0.416 e. The zero-order chi connectivity index (χ0) is 16.3. The first-order chi connectivity index (χ1) is 10.3. The number of benzene rings is 2. The first-order valence-corrected chi connectivity index (χ1v) is 6.15. The van der Waals surface area contributed by atoms with Crippen LogP contribution < -0.4 is 0 Å². The lowest BCUT2D eigenvalue weighted by atomic mass is 10.0. The third kappa shape index (κ3) is 3.72. The zero-order valence-corrected chi connectivity index (χ0v) is 11.1. The van der Waals surface area contributed by atoms with Crippen molar-refractivity contribution in [2.24, 2.45) is 0 Å². The summed E-state index contributed by atoms with van der Waals surface area (Å²) in [4.78, 5) is 11.3. The van der Waals surface area contributed by atoms with Crippen LogP contribution in [-0.4, -0.2) is 11.1 Å². The predicted molar refractivity (Wildman–Crippen MR) is 73.4 cm³/mol. The standard InChI is InChI=1S/C16H10F4O2/c17-13-6-4-11(5-7-13)14(15(21)22)9-10-2-1-3-12(8-10)16(18,19)20/h1-9H,(H,21,22)/b14-9-. The number of carboxylic acid groups (broad SMARTS) is 1. The average molecular weight is 310 g/mol. The van der Waals surface area contributed by atoms with Crippen LogP contribution in [0.2, 0.25) is 0 Å². The van der Waals surface area contributed by atoms with Gasteiger partial charge in [-0.2, -0.15) is 13.2 Å². The van der Waals surface area contributed by atoms with Crippen LogP contribution in [-0.2, 0) is 11.0 Å². The van der Waals surface area contributed by atoms with Crippen molar-refractivity contribution in [2.75, 3.05) is 0 Å². The van der Waals surface area contributed by atoms with Gasteiger partial charge < -0.3 is 5.11 Å². The van der Waals surface area contributed by atoms with Gasteiger partial charge >= 0.3 is 12.1 Å². The van der Waals surface area contributed by atoms with E-state index in [0.717, 1.165) is 30.3 Å². The molecule has 114 valence electrons. The molecule has 0 bridgehead atoms. The average Bonchev–Trinajstić information content (AvgIpc) is 2.45.